The molecule has 8 heteroatoms. The number of nitro groups is 1. The summed E-state index contributed by atoms with van der Waals surface area (Å²) in [6.45, 7) is 4.38. The second kappa shape index (κ2) is 4.96. The lowest BCUT2D eigenvalue weighted by Crippen LogP contribution is -2.19. The van der Waals surface area contributed by atoms with Gasteiger partial charge >= 0.3 is 5.69 Å². The van der Waals surface area contributed by atoms with E-state index in [4.69, 9.17) is 5.84 Å². The molecule has 0 aliphatic heterocycles. The molecule has 1 fully saturated rings. The topological polar surface area (TPSA) is 119 Å². The van der Waals surface area contributed by atoms with Crippen LogP contribution < -0.4 is 16.6 Å². The molecule has 1 aliphatic carbocycles. The molecule has 0 unspecified atom stereocenters. The number of nitrogens with zero attached hydrogens (tertiary/aromatic N) is 3. The van der Waals surface area contributed by atoms with Gasteiger partial charge in [-0.2, -0.15) is 4.98 Å². The van der Waals surface area contributed by atoms with Crippen molar-refractivity contribution in [1.29, 1.82) is 0 Å². The van der Waals surface area contributed by atoms with Crippen molar-refractivity contribution in [3.63, 3.8) is 0 Å². The van der Waals surface area contributed by atoms with Crippen molar-refractivity contribution in [2.24, 2.45) is 11.3 Å². The molecule has 8 nitrogen and oxygen atoms in total. The standard InChI is InChI=1S/C11H18N6O2/c1-3-11(4-5-11)6-13-9-8(17(18)19)7(2)14-10(15-9)16-12/h3-6,12H2,1-2H3,(H2,13,14,15,16). The third-order valence-corrected chi connectivity index (χ3v) is 3.71. The van der Waals surface area contributed by atoms with E-state index in [9.17, 15) is 10.1 Å². The van der Waals surface area contributed by atoms with Crippen LogP contribution in [0.5, 0.6) is 0 Å². The second-order valence-electron chi connectivity index (χ2n) is 4.94. The Morgan fingerprint density at radius 2 is 2.16 bits per heavy atom. The van der Waals surface area contributed by atoms with Gasteiger partial charge in [-0.25, -0.2) is 10.8 Å². The minimum absolute atomic E-state index is 0.0918. The smallest absolute Gasteiger partial charge is 0.332 e. The fourth-order valence-corrected chi connectivity index (χ4v) is 2.08. The maximum absolute atomic E-state index is 11.1. The van der Waals surface area contributed by atoms with E-state index in [1.807, 2.05) is 0 Å². The van der Waals surface area contributed by atoms with Crippen LogP contribution in [0.15, 0.2) is 0 Å². The van der Waals surface area contributed by atoms with E-state index in [2.05, 4.69) is 27.6 Å². The summed E-state index contributed by atoms with van der Waals surface area (Å²) >= 11 is 0. The molecule has 2 rings (SSSR count). The van der Waals surface area contributed by atoms with Crippen molar-refractivity contribution in [2.75, 3.05) is 17.3 Å². The summed E-state index contributed by atoms with van der Waals surface area (Å²) in [6, 6.07) is 0. The third kappa shape index (κ3) is 2.73. The van der Waals surface area contributed by atoms with E-state index in [0.29, 0.717) is 6.54 Å². The first-order valence-electron chi connectivity index (χ1n) is 6.25. The van der Waals surface area contributed by atoms with E-state index < -0.39 is 4.92 Å². The first-order valence-corrected chi connectivity index (χ1v) is 6.25. The number of nitrogens with one attached hydrogen (secondary N) is 2. The SMILES string of the molecule is CCC1(CNc2nc(NN)nc(C)c2[N+](=O)[O-])CC1. The van der Waals surface area contributed by atoms with Crippen molar-refractivity contribution in [1.82, 2.24) is 9.97 Å². The van der Waals surface area contributed by atoms with E-state index in [0.717, 1.165) is 19.3 Å². The summed E-state index contributed by atoms with van der Waals surface area (Å²) in [5.41, 5.74) is 2.78. The van der Waals surface area contributed by atoms with Gasteiger partial charge in [-0.15, -0.1) is 0 Å². The predicted octanol–water partition coefficient (Wildman–Crippen LogP) is 1.58. The highest BCUT2D eigenvalue weighted by Gasteiger charge is 2.40. The fourth-order valence-electron chi connectivity index (χ4n) is 2.08. The van der Waals surface area contributed by atoms with Crippen LogP contribution in [-0.2, 0) is 0 Å². The monoisotopic (exact) mass is 266 g/mol. The largest absolute Gasteiger partial charge is 0.364 e. The normalized spacial score (nSPS) is 15.9. The molecule has 19 heavy (non-hydrogen) atoms. The Balaban J connectivity index is 2.26. The van der Waals surface area contributed by atoms with Crippen molar-refractivity contribution in [3.05, 3.63) is 15.8 Å². The molecule has 4 N–H and O–H groups in total. The van der Waals surface area contributed by atoms with Gasteiger partial charge in [0.2, 0.25) is 11.8 Å². The quantitative estimate of drug-likeness (QED) is 0.406. The Morgan fingerprint density at radius 1 is 1.47 bits per heavy atom. The lowest BCUT2D eigenvalue weighted by Gasteiger charge is -2.14. The van der Waals surface area contributed by atoms with Gasteiger partial charge in [0.1, 0.15) is 5.69 Å². The number of hydrogen-bond donors (Lipinski definition) is 3. The van der Waals surface area contributed by atoms with Crippen molar-refractivity contribution >= 4 is 17.5 Å². The van der Waals surface area contributed by atoms with Crippen LogP contribution >= 0.6 is 0 Å². The van der Waals surface area contributed by atoms with Gasteiger partial charge in [0.05, 0.1) is 4.92 Å². The summed E-state index contributed by atoms with van der Waals surface area (Å²) < 4.78 is 0. The average Bonchev–Trinajstić information content (AvgIpc) is 3.15. The number of nitrogen functional groups attached to an aromatic ring is 1. The number of aryl methyl sites for hydroxylation is 1. The molecule has 0 atom stereocenters. The minimum atomic E-state index is -0.469. The average molecular weight is 266 g/mol. The summed E-state index contributed by atoms with van der Waals surface area (Å²) in [5.74, 6) is 5.66. The van der Waals surface area contributed by atoms with Crippen molar-refractivity contribution in [3.8, 4) is 0 Å². The van der Waals surface area contributed by atoms with E-state index >= 15 is 0 Å². The first-order chi connectivity index (χ1) is 9.01. The number of rotatable bonds is 6. The van der Waals surface area contributed by atoms with Gasteiger partial charge in [-0.3, -0.25) is 15.5 Å². The molecule has 0 spiro atoms. The number of nitrogens with two attached hydrogens (primary N) is 1. The summed E-state index contributed by atoms with van der Waals surface area (Å²) in [4.78, 5) is 18.6. The number of aromatic nitrogens is 2. The van der Waals surface area contributed by atoms with Crippen LogP contribution in [0.3, 0.4) is 0 Å². The molecule has 0 radical (unpaired) electrons. The van der Waals surface area contributed by atoms with Crippen LogP contribution in [0.4, 0.5) is 17.5 Å². The first kappa shape index (κ1) is 13.5. The number of hydrazine groups is 1. The highest BCUT2D eigenvalue weighted by molar-refractivity contribution is 5.60. The Hall–Kier alpha value is -1.96. The number of anilines is 2. The highest BCUT2D eigenvalue weighted by Crippen LogP contribution is 2.48. The Morgan fingerprint density at radius 3 is 2.63 bits per heavy atom. The molecule has 1 aliphatic rings. The maximum atomic E-state index is 11.1. The minimum Gasteiger partial charge on any atom is -0.364 e. The van der Waals surface area contributed by atoms with Crippen molar-refractivity contribution in [2.45, 2.75) is 33.1 Å². The van der Waals surface area contributed by atoms with Crippen molar-refractivity contribution < 1.29 is 4.92 Å². The molecular weight excluding hydrogens is 248 g/mol. The number of hydrogen-bond acceptors (Lipinski definition) is 7. The highest BCUT2D eigenvalue weighted by atomic mass is 16.6. The Labute approximate surface area is 110 Å². The second-order valence-corrected chi connectivity index (χ2v) is 4.94. The maximum Gasteiger partial charge on any atom is 0.332 e. The molecule has 0 aromatic carbocycles. The molecule has 1 aromatic heterocycles. The summed E-state index contributed by atoms with van der Waals surface area (Å²) in [6.07, 6.45) is 3.35. The predicted molar refractivity (Wildman–Crippen MR) is 71.7 cm³/mol. The lowest BCUT2D eigenvalue weighted by molar-refractivity contribution is -0.385. The Kier molecular flexibility index (Phi) is 3.52. The van der Waals surface area contributed by atoms with Crippen LogP contribution in [0.25, 0.3) is 0 Å². The third-order valence-electron chi connectivity index (χ3n) is 3.71. The zero-order chi connectivity index (χ0) is 14.0. The van der Waals surface area contributed by atoms with Gasteiger partial charge in [0.25, 0.3) is 0 Å². The molecular formula is C11H18N6O2. The Bertz CT molecular complexity index is 500. The van der Waals surface area contributed by atoms with E-state index in [1.165, 1.54) is 0 Å². The zero-order valence-corrected chi connectivity index (χ0v) is 11.1. The molecule has 0 saturated heterocycles. The van der Waals surface area contributed by atoms with Crippen LogP contribution in [0.1, 0.15) is 31.9 Å². The molecule has 1 heterocycles. The van der Waals surface area contributed by atoms with Gasteiger partial charge < -0.3 is 5.32 Å². The van der Waals surface area contributed by atoms with Gasteiger partial charge in [-0.05, 0) is 31.6 Å². The molecule has 1 aromatic rings. The molecule has 1 saturated carbocycles. The molecule has 0 amide bonds. The van der Waals surface area contributed by atoms with E-state index in [-0.39, 0.29) is 28.6 Å². The zero-order valence-electron chi connectivity index (χ0n) is 11.1. The summed E-state index contributed by atoms with van der Waals surface area (Å²) in [5, 5.41) is 14.2. The lowest BCUT2D eigenvalue weighted by atomic mass is 10.0. The van der Waals surface area contributed by atoms with Gasteiger partial charge in [-0.1, -0.05) is 6.92 Å². The van der Waals surface area contributed by atoms with Gasteiger partial charge in [0, 0.05) is 6.54 Å². The fraction of sp³-hybridized carbons (Fsp3) is 0.636. The van der Waals surface area contributed by atoms with Crippen LogP contribution in [0.2, 0.25) is 0 Å². The molecule has 0 bridgehead atoms. The van der Waals surface area contributed by atoms with Crippen LogP contribution in [-0.4, -0.2) is 21.4 Å². The van der Waals surface area contributed by atoms with E-state index in [1.54, 1.807) is 6.92 Å². The molecule has 104 valence electrons. The van der Waals surface area contributed by atoms with Gasteiger partial charge in [0.15, 0.2) is 0 Å². The summed E-state index contributed by atoms with van der Waals surface area (Å²) in [7, 11) is 0. The van der Waals surface area contributed by atoms with Crippen LogP contribution in [0, 0.1) is 22.5 Å².